The largest absolute Gasteiger partial charge is 0.491 e. The van der Waals surface area contributed by atoms with Gasteiger partial charge in [0.1, 0.15) is 19.0 Å². The SMILES string of the molecule is NOCCOc1ccc(S(=O)(=O)N2CCCCCC2)cc1. The predicted molar refractivity (Wildman–Crippen MR) is 79.3 cm³/mol. The summed E-state index contributed by atoms with van der Waals surface area (Å²) in [6.45, 7) is 1.82. The Hall–Kier alpha value is -1.15. The van der Waals surface area contributed by atoms with Crippen LogP contribution in [0.15, 0.2) is 29.2 Å². The molecule has 0 amide bonds. The number of nitrogens with two attached hydrogens (primary N) is 1. The van der Waals surface area contributed by atoms with E-state index in [-0.39, 0.29) is 6.61 Å². The van der Waals surface area contributed by atoms with E-state index in [0.717, 1.165) is 25.7 Å². The van der Waals surface area contributed by atoms with E-state index >= 15 is 0 Å². The smallest absolute Gasteiger partial charge is 0.243 e. The average Bonchev–Trinajstić information content (AvgIpc) is 2.78. The second-order valence-corrected chi connectivity index (χ2v) is 6.95. The topological polar surface area (TPSA) is 81.9 Å². The van der Waals surface area contributed by atoms with Crippen LogP contribution in [0.4, 0.5) is 0 Å². The van der Waals surface area contributed by atoms with Gasteiger partial charge in [-0.25, -0.2) is 14.3 Å². The van der Waals surface area contributed by atoms with Crippen molar-refractivity contribution in [3.63, 3.8) is 0 Å². The second-order valence-electron chi connectivity index (χ2n) is 5.01. The summed E-state index contributed by atoms with van der Waals surface area (Å²) in [5.74, 6) is 5.50. The maximum absolute atomic E-state index is 12.6. The fourth-order valence-corrected chi connectivity index (χ4v) is 3.86. The number of hydrogen-bond acceptors (Lipinski definition) is 5. The van der Waals surface area contributed by atoms with Gasteiger partial charge in [-0.15, -0.1) is 0 Å². The maximum Gasteiger partial charge on any atom is 0.243 e. The molecule has 2 N–H and O–H groups in total. The summed E-state index contributed by atoms with van der Waals surface area (Å²) in [4.78, 5) is 4.72. The van der Waals surface area contributed by atoms with E-state index in [0.29, 0.717) is 30.3 Å². The third kappa shape index (κ3) is 4.41. The van der Waals surface area contributed by atoms with Crippen molar-refractivity contribution >= 4 is 10.0 Å². The molecular formula is C14H22N2O4S. The highest BCUT2D eigenvalue weighted by Gasteiger charge is 2.24. The highest BCUT2D eigenvalue weighted by atomic mass is 32.2. The zero-order chi connectivity index (χ0) is 15.1. The molecule has 0 aliphatic carbocycles. The average molecular weight is 314 g/mol. The van der Waals surface area contributed by atoms with E-state index < -0.39 is 10.0 Å². The van der Waals surface area contributed by atoms with E-state index in [1.54, 1.807) is 28.6 Å². The Labute approximate surface area is 125 Å². The Bertz CT molecular complexity index is 522. The molecule has 6 nitrogen and oxygen atoms in total. The predicted octanol–water partition coefficient (Wildman–Crippen LogP) is 1.52. The van der Waals surface area contributed by atoms with Gasteiger partial charge in [-0.1, -0.05) is 12.8 Å². The van der Waals surface area contributed by atoms with Crippen molar-refractivity contribution in [1.82, 2.24) is 4.31 Å². The lowest BCUT2D eigenvalue weighted by Gasteiger charge is -2.20. The van der Waals surface area contributed by atoms with Crippen molar-refractivity contribution in [3.05, 3.63) is 24.3 Å². The molecule has 0 aromatic heterocycles. The summed E-state index contributed by atoms with van der Waals surface area (Å²) in [7, 11) is -3.39. The maximum atomic E-state index is 12.6. The number of nitrogens with zero attached hydrogens (tertiary/aromatic N) is 1. The zero-order valence-corrected chi connectivity index (χ0v) is 12.8. The van der Waals surface area contributed by atoms with E-state index in [4.69, 9.17) is 10.6 Å². The van der Waals surface area contributed by atoms with Crippen LogP contribution in [-0.4, -0.2) is 39.0 Å². The van der Waals surface area contributed by atoms with E-state index in [1.165, 1.54) is 0 Å². The lowest BCUT2D eigenvalue weighted by molar-refractivity contribution is 0.102. The normalized spacial score (nSPS) is 17.4. The van der Waals surface area contributed by atoms with Crippen LogP contribution in [0.2, 0.25) is 0 Å². The van der Waals surface area contributed by atoms with Gasteiger partial charge >= 0.3 is 0 Å². The van der Waals surface area contributed by atoms with Crippen LogP contribution in [0, 0.1) is 0 Å². The van der Waals surface area contributed by atoms with Crippen molar-refractivity contribution in [2.45, 2.75) is 30.6 Å². The Morgan fingerprint density at radius 3 is 2.19 bits per heavy atom. The van der Waals surface area contributed by atoms with Gasteiger partial charge in [-0.2, -0.15) is 4.31 Å². The van der Waals surface area contributed by atoms with Gasteiger partial charge in [0.05, 0.1) is 4.90 Å². The second kappa shape index (κ2) is 7.74. The molecular weight excluding hydrogens is 292 g/mol. The van der Waals surface area contributed by atoms with Crippen molar-refractivity contribution in [2.24, 2.45) is 5.90 Å². The molecule has 1 saturated heterocycles. The minimum Gasteiger partial charge on any atom is -0.491 e. The molecule has 0 unspecified atom stereocenters. The van der Waals surface area contributed by atoms with Crippen molar-refractivity contribution in [1.29, 1.82) is 0 Å². The first-order valence-electron chi connectivity index (χ1n) is 7.19. The minimum absolute atomic E-state index is 0.286. The third-order valence-electron chi connectivity index (χ3n) is 3.50. The highest BCUT2D eigenvalue weighted by Crippen LogP contribution is 2.22. The Balaban J connectivity index is 2.05. The number of rotatable bonds is 6. The fraction of sp³-hybridized carbons (Fsp3) is 0.571. The summed E-state index contributed by atoms with van der Waals surface area (Å²) >= 11 is 0. The van der Waals surface area contributed by atoms with Crippen LogP contribution in [-0.2, 0) is 14.9 Å². The van der Waals surface area contributed by atoms with Crippen LogP contribution in [0.5, 0.6) is 5.75 Å². The molecule has 1 fully saturated rings. The number of hydrogen-bond donors (Lipinski definition) is 1. The van der Waals surface area contributed by atoms with Crippen molar-refractivity contribution in [2.75, 3.05) is 26.3 Å². The molecule has 118 valence electrons. The molecule has 1 aromatic carbocycles. The van der Waals surface area contributed by atoms with Gasteiger partial charge < -0.3 is 9.57 Å². The molecule has 0 saturated carbocycles. The molecule has 21 heavy (non-hydrogen) atoms. The van der Waals surface area contributed by atoms with E-state index in [1.807, 2.05) is 0 Å². The molecule has 1 heterocycles. The van der Waals surface area contributed by atoms with Gasteiger partial charge in [-0.05, 0) is 37.1 Å². The summed E-state index contributed by atoms with van der Waals surface area (Å²) in [6.07, 6.45) is 4.06. The lowest BCUT2D eigenvalue weighted by atomic mass is 10.2. The van der Waals surface area contributed by atoms with E-state index in [2.05, 4.69) is 4.84 Å². The molecule has 1 aliphatic heterocycles. The highest BCUT2D eigenvalue weighted by molar-refractivity contribution is 7.89. The molecule has 2 rings (SSSR count). The molecule has 0 bridgehead atoms. The molecule has 1 aromatic rings. The zero-order valence-electron chi connectivity index (χ0n) is 12.0. The van der Waals surface area contributed by atoms with Gasteiger partial charge in [0.15, 0.2) is 0 Å². The number of sulfonamides is 1. The van der Waals surface area contributed by atoms with Crippen LogP contribution >= 0.6 is 0 Å². The minimum atomic E-state index is -3.39. The van der Waals surface area contributed by atoms with Gasteiger partial charge in [0.2, 0.25) is 10.0 Å². The number of ether oxygens (including phenoxy) is 1. The fourth-order valence-electron chi connectivity index (χ4n) is 2.35. The van der Waals surface area contributed by atoms with Crippen LogP contribution in [0.1, 0.15) is 25.7 Å². The summed E-state index contributed by atoms with van der Waals surface area (Å²) < 4.78 is 32.1. The third-order valence-corrected chi connectivity index (χ3v) is 5.41. The first kappa shape index (κ1) is 16.2. The molecule has 0 spiro atoms. The first-order chi connectivity index (χ1) is 10.1. The first-order valence-corrected chi connectivity index (χ1v) is 8.63. The summed E-state index contributed by atoms with van der Waals surface area (Å²) in [6, 6.07) is 6.47. The molecule has 7 heteroatoms. The van der Waals surface area contributed by atoms with Crippen LogP contribution < -0.4 is 10.6 Å². The van der Waals surface area contributed by atoms with Gasteiger partial charge in [0, 0.05) is 13.1 Å². The van der Waals surface area contributed by atoms with Gasteiger partial charge in [-0.3, -0.25) is 0 Å². The Morgan fingerprint density at radius 1 is 1.00 bits per heavy atom. The quantitative estimate of drug-likeness (QED) is 0.636. The van der Waals surface area contributed by atoms with Crippen molar-refractivity contribution in [3.8, 4) is 5.75 Å². The molecule has 0 radical (unpaired) electrons. The van der Waals surface area contributed by atoms with Crippen molar-refractivity contribution < 1.29 is 18.0 Å². The lowest BCUT2D eigenvalue weighted by Crippen LogP contribution is -2.31. The Morgan fingerprint density at radius 2 is 1.62 bits per heavy atom. The van der Waals surface area contributed by atoms with Crippen LogP contribution in [0.3, 0.4) is 0 Å². The van der Waals surface area contributed by atoms with E-state index in [9.17, 15) is 8.42 Å². The summed E-state index contributed by atoms with van der Waals surface area (Å²) in [5, 5.41) is 0. The molecule has 0 atom stereocenters. The van der Waals surface area contributed by atoms with Crippen LogP contribution in [0.25, 0.3) is 0 Å². The van der Waals surface area contributed by atoms with Gasteiger partial charge in [0.25, 0.3) is 0 Å². The monoisotopic (exact) mass is 314 g/mol. The standard InChI is InChI=1S/C14H22N2O4S/c15-20-12-11-19-13-5-7-14(8-6-13)21(17,18)16-9-3-1-2-4-10-16/h5-8H,1-4,9-12,15H2. The molecule has 1 aliphatic rings. The Kier molecular flexibility index (Phi) is 5.98. The summed E-state index contributed by atoms with van der Waals surface area (Å²) in [5.41, 5.74) is 0. The number of benzene rings is 1.